The zero-order valence-corrected chi connectivity index (χ0v) is 8.67. The first-order valence-corrected chi connectivity index (χ1v) is 5.90. The van der Waals surface area contributed by atoms with Crippen molar-refractivity contribution in [1.82, 2.24) is 9.80 Å². The quantitative estimate of drug-likeness (QED) is 0.561. The van der Waals surface area contributed by atoms with E-state index in [-0.39, 0.29) is 0 Å². The first-order chi connectivity index (χ1) is 6.45. The van der Waals surface area contributed by atoms with Gasteiger partial charge in [-0.3, -0.25) is 0 Å². The number of rotatable bonds is 0. The third-order valence-corrected chi connectivity index (χ3v) is 3.38. The Hall–Kier alpha value is -0.0800. The Bertz CT molecular complexity index is 131. The highest BCUT2D eigenvalue weighted by molar-refractivity contribution is 4.70. The van der Waals surface area contributed by atoms with Crippen LogP contribution in [0, 0.1) is 0 Å². The second-order valence-corrected chi connectivity index (χ2v) is 4.45. The molecule has 2 rings (SSSR count). The maximum absolute atomic E-state index is 2.66. The molecule has 2 saturated heterocycles. The van der Waals surface area contributed by atoms with Crippen molar-refractivity contribution in [2.75, 3.05) is 39.3 Å². The molecule has 2 fully saturated rings. The van der Waals surface area contributed by atoms with Crippen molar-refractivity contribution in [2.24, 2.45) is 0 Å². The number of hydrogen-bond acceptors (Lipinski definition) is 2. The van der Waals surface area contributed by atoms with Gasteiger partial charge in [0.25, 0.3) is 0 Å². The van der Waals surface area contributed by atoms with E-state index in [1.54, 1.807) is 0 Å². The highest BCUT2D eigenvalue weighted by Crippen LogP contribution is 2.10. The van der Waals surface area contributed by atoms with Crippen LogP contribution >= 0.6 is 0 Å². The molecular formula is C11H22N2. The van der Waals surface area contributed by atoms with Crippen LogP contribution in [-0.2, 0) is 0 Å². The maximum atomic E-state index is 2.66. The van der Waals surface area contributed by atoms with Crippen molar-refractivity contribution in [3.05, 3.63) is 0 Å². The molecule has 0 aromatic carbocycles. The lowest BCUT2D eigenvalue weighted by molar-refractivity contribution is 0.184. The van der Waals surface area contributed by atoms with Crippen molar-refractivity contribution in [3.8, 4) is 0 Å². The smallest absolute Gasteiger partial charge is 0.0109 e. The summed E-state index contributed by atoms with van der Waals surface area (Å²) in [5, 5.41) is 0. The Kier molecular flexibility index (Phi) is 3.62. The summed E-state index contributed by atoms with van der Waals surface area (Å²) in [5.74, 6) is 0. The monoisotopic (exact) mass is 182 g/mol. The van der Waals surface area contributed by atoms with Crippen LogP contribution in [0.2, 0.25) is 0 Å². The molecule has 2 heterocycles. The molecule has 0 aromatic rings. The lowest BCUT2D eigenvalue weighted by Crippen LogP contribution is -2.38. The average molecular weight is 182 g/mol. The third-order valence-electron chi connectivity index (χ3n) is 3.38. The first kappa shape index (κ1) is 9.47. The van der Waals surface area contributed by atoms with Crippen molar-refractivity contribution >= 4 is 0 Å². The molecule has 0 saturated carbocycles. The summed E-state index contributed by atoms with van der Waals surface area (Å²) in [7, 11) is 0. The molecule has 0 N–H and O–H groups in total. The summed E-state index contributed by atoms with van der Waals surface area (Å²) >= 11 is 0. The minimum Gasteiger partial charge on any atom is -0.302 e. The molecule has 2 unspecified atom stereocenters. The summed E-state index contributed by atoms with van der Waals surface area (Å²) in [5.41, 5.74) is 0. The molecule has 0 spiro atoms. The van der Waals surface area contributed by atoms with Gasteiger partial charge in [-0.25, -0.2) is 0 Å². The Morgan fingerprint density at radius 1 is 0.385 bits per heavy atom. The first-order valence-electron chi connectivity index (χ1n) is 5.90. The van der Waals surface area contributed by atoms with E-state index in [1.165, 1.54) is 71.4 Å². The van der Waals surface area contributed by atoms with Gasteiger partial charge in [0.1, 0.15) is 0 Å². The molecule has 2 aliphatic rings. The van der Waals surface area contributed by atoms with E-state index in [1.807, 2.05) is 0 Å². The highest BCUT2D eigenvalue weighted by Gasteiger charge is 2.14. The van der Waals surface area contributed by atoms with Gasteiger partial charge in [0.15, 0.2) is 0 Å². The molecule has 13 heavy (non-hydrogen) atoms. The van der Waals surface area contributed by atoms with E-state index >= 15 is 0 Å². The van der Waals surface area contributed by atoms with Crippen LogP contribution in [0.4, 0.5) is 0 Å². The molecule has 0 aromatic heterocycles. The number of nitrogens with zero attached hydrogens (tertiary/aromatic N) is 2. The van der Waals surface area contributed by atoms with Crippen LogP contribution in [-0.4, -0.2) is 49.1 Å². The summed E-state index contributed by atoms with van der Waals surface area (Å²) < 4.78 is 0. The van der Waals surface area contributed by atoms with Crippen LogP contribution in [0.3, 0.4) is 0 Å². The van der Waals surface area contributed by atoms with Crippen LogP contribution in [0.15, 0.2) is 0 Å². The van der Waals surface area contributed by atoms with E-state index in [0.29, 0.717) is 0 Å². The summed E-state index contributed by atoms with van der Waals surface area (Å²) in [4.78, 5) is 5.33. The molecule has 2 nitrogen and oxygen atoms in total. The lowest BCUT2D eigenvalue weighted by Gasteiger charge is -2.29. The van der Waals surface area contributed by atoms with E-state index < -0.39 is 0 Å². The van der Waals surface area contributed by atoms with Gasteiger partial charge in [0.05, 0.1) is 0 Å². The minimum absolute atomic E-state index is 1.32. The van der Waals surface area contributed by atoms with Gasteiger partial charge in [-0.2, -0.15) is 0 Å². The maximum Gasteiger partial charge on any atom is 0.0109 e. The largest absolute Gasteiger partial charge is 0.302 e. The van der Waals surface area contributed by atoms with Gasteiger partial charge in [0, 0.05) is 13.1 Å². The Morgan fingerprint density at radius 3 is 1.23 bits per heavy atom. The molecule has 0 amide bonds. The highest BCUT2D eigenvalue weighted by atomic mass is 15.2. The van der Waals surface area contributed by atoms with Crippen molar-refractivity contribution in [3.63, 3.8) is 0 Å². The lowest BCUT2D eigenvalue weighted by atomic mass is 10.2. The molecule has 76 valence electrons. The zero-order valence-electron chi connectivity index (χ0n) is 8.67. The standard InChI is InChI=1S/C11H22N2/c1-2-6-12-8-4-5-9-13(7-3-1)11-10-12/h1-11H2. The van der Waals surface area contributed by atoms with Crippen molar-refractivity contribution in [1.29, 1.82) is 0 Å². The fourth-order valence-corrected chi connectivity index (χ4v) is 2.47. The zero-order chi connectivity index (χ0) is 8.93. The van der Waals surface area contributed by atoms with E-state index in [2.05, 4.69) is 9.80 Å². The van der Waals surface area contributed by atoms with Gasteiger partial charge in [-0.15, -0.1) is 0 Å². The molecule has 0 radical (unpaired) electrons. The third kappa shape index (κ3) is 2.96. The average Bonchev–Trinajstić information content (AvgIpc) is 2.17. The van der Waals surface area contributed by atoms with Gasteiger partial charge >= 0.3 is 0 Å². The van der Waals surface area contributed by atoms with E-state index in [0.717, 1.165) is 0 Å². The number of fused-ring (bicyclic) bond motifs is 3. The second kappa shape index (κ2) is 4.97. The summed E-state index contributed by atoms with van der Waals surface area (Å²) in [6.45, 7) is 8.06. The fourth-order valence-electron chi connectivity index (χ4n) is 2.47. The second-order valence-electron chi connectivity index (χ2n) is 4.45. The van der Waals surface area contributed by atoms with Crippen LogP contribution in [0.25, 0.3) is 0 Å². The van der Waals surface area contributed by atoms with Gasteiger partial charge in [-0.1, -0.05) is 6.42 Å². The van der Waals surface area contributed by atoms with Crippen molar-refractivity contribution in [2.45, 2.75) is 32.1 Å². The molecule has 2 heteroatoms. The van der Waals surface area contributed by atoms with Gasteiger partial charge < -0.3 is 9.80 Å². The van der Waals surface area contributed by atoms with Crippen LogP contribution in [0.5, 0.6) is 0 Å². The molecule has 2 bridgehead atoms. The Balaban J connectivity index is 1.92. The van der Waals surface area contributed by atoms with E-state index in [4.69, 9.17) is 0 Å². The predicted molar refractivity (Wildman–Crippen MR) is 56.0 cm³/mol. The SMILES string of the molecule is C1CCN2CCCCN(CC1)CC2. The number of hydrogen-bond donors (Lipinski definition) is 0. The fraction of sp³-hybridized carbons (Fsp3) is 1.00. The molecule has 2 atom stereocenters. The Morgan fingerprint density at radius 2 is 0.769 bits per heavy atom. The van der Waals surface area contributed by atoms with Gasteiger partial charge in [0.2, 0.25) is 0 Å². The predicted octanol–water partition coefficient (Wildman–Crippen LogP) is 1.57. The molecule has 0 aliphatic carbocycles. The van der Waals surface area contributed by atoms with Crippen LogP contribution < -0.4 is 0 Å². The Labute approximate surface area is 81.9 Å². The summed E-state index contributed by atoms with van der Waals surface area (Å²) in [6.07, 6.45) is 7.11. The molecular weight excluding hydrogens is 160 g/mol. The minimum atomic E-state index is 1.32. The summed E-state index contributed by atoms with van der Waals surface area (Å²) in [6, 6.07) is 0. The van der Waals surface area contributed by atoms with Crippen LogP contribution in [0.1, 0.15) is 32.1 Å². The molecule has 2 aliphatic heterocycles. The normalized spacial score (nSPS) is 36.9. The van der Waals surface area contributed by atoms with Gasteiger partial charge in [-0.05, 0) is 51.9 Å². The topological polar surface area (TPSA) is 6.48 Å². The van der Waals surface area contributed by atoms with Crippen molar-refractivity contribution < 1.29 is 0 Å². The van der Waals surface area contributed by atoms with E-state index in [9.17, 15) is 0 Å².